The number of hydrogen-bond acceptors (Lipinski definition) is 6. The summed E-state index contributed by atoms with van der Waals surface area (Å²) < 4.78 is 6.07. The van der Waals surface area contributed by atoms with E-state index < -0.39 is 11.5 Å². The molecule has 7 nitrogen and oxygen atoms in total. The second-order valence-corrected chi connectivity index (χ2v) is 5.30. The molecule has 0 aliphatic heterocycles. The van der Waals surface area contributed by atoms with E-state index >= 15 is 0 Å². The van der Waals surface area contributed by atoms with Gasteiger partial charge in [0, 0.05) is 19.7 Å². The second-order valence-electron chi connectivity index (χ2n) is 5.30. The molecule has 25 heavy (non-hydrogen) atoms. The zero-order valence-electron chi connectivity index (χ0n) is 14.3. The summed E-state index contributed by atoms with van der Waals surface area (Å²) in [5.74, 6) is -0.693. The van der Waals surface area contributed by atoms with Crippen molar-refractivity contribution in [3.63, 3.8) is 0 Å². The fourth-order valence-electron chi connectivity index (χ4n) is 2.13. The van der Waals surface area contributed by atoms with E-state index in [2.05, 4.69) is 5.10 Å². The van der Waals surface area contributed by atoms with Crippen molar-refractivity contribution in [1.82, 2.24) is 14.7 Å². The number of esters is 1. The molecular formula is C18H18N4O3. The molecule has 0 bridgehead atoms. The lowest BCUT2D eigenvalue weighted by atomic mass is 10.1. The van der Waals surface area contributed by atoms with Crippen LogP contribution in [0.5, 0.6) is 0 Å². The summed E-state index contributed by atoms with van der Waals surface area (Å²) in [6.45, 7) is 1.83. The average molecular weight is 338 g/mol. The molecular weight excluding hydrogens is 320 g/mol. The fourth-order valence-corrected chi connectivity index (χ4v) is 2.13. The monoisotopic (exact) mass is 338 g/mol. The number of benzene rings is 1. The van der Waals surface area contributed by atoms with Gasteiger partial charge in [0.05, 0.1) is 12.3 Å². The minimum atomic E-state index is -0.693. The van der Waals surface area contributed by atoms with Crippen molar-refractivity contribution >= 4 is 12.0 Å². The molecule has 0 aliphatic carbocycles. The summed E-state index contributed by atoms with van der Waals surface area (Å²) in [5, 5.41) is 13.6. The van der Waals surface area contributed by atoms with Gasteiger partial charge in [0.25, 0.3) is 5.56 Å². The highest BCUT2D eigenvalue weighted by Gasteiger charge is 2.22. The van der Waals surface area contributed by atoms with Crippen molar-refractivity contribution < 1.29 is 9.53 Å². The average Bonchev–Trinajstić information content (AvgIpc) is 2.60. The molecule has 0 saturated heterocycles. The first-order valence-electron chi connectivity index (χ1n) is 7.64. The van der Waals surface area contributed by atoms with Gasteiger partial charge in [-0.05, 0) is 31.3 Å². The summed E-state index contributed by atoms with van der Waals surface area (Å²) >= 11 is 0. The molecule has 0 saturated carbocycles. The topological polar surface area (TPSA) is 88.2 Å². The number of aromatic nitrogens is 2. The van der Waals surface area contributed by atoms with Crippen LogP contribution in [-0.2, 0) is 4.74 Å². The molecule has 0 atom stereocenters. The third-order valence-corrected chi connectivity index (χ3v) is 3.25. The van der Waals surface area contributed by atoms with E-state index in [1.165, 1.54) is 6.08 Å². The highest BCUT2D eigenvalue weighted by molar-refractivity contribution is 5.92. The van der Waals surface area contributed by atoms with Crippen LogP contribution in [0.2, 0.25) is 0 Å². The number of ether oxygens (including phenoxy) is 1. The molecule has 2 aromatic rings. The van der Waals surface area contributed by atoms with Crippen LogP contribution < -0.4 is 5.56 Å². The summed E-state index contributed by atoms with van der Waals surface area (Å²) in [4.78, 5) is 26.7. The van der Waals surface area contributed by atoms with Crippen molar-refractivity contribution in [2.24, 2.45) is 0 Å². The lowest BCUT2D eigenvalue weighted by molar-refractivity contribution is 0.0516. The lowest BCUT2D eigenvalue weighted by Crippen LogP contribution is -2.28. The van der Waals surface area contributed by atoms with Crippen molar-refractivity contribution in [1.29, 1.82) is 5.26 Å². The Labute approximate surface area is 145 Å². The molecule has 0 aliphatic rings. The maximum Gasteiger partial charge on any atom is 0.359 e. The van der Waals surface area contributed by atoms with Crippen LogP contribution >= 0.6 is 0 Å². The summed E-state index contributed by atoms with van der Waals surface area (Å²) in [7, 11) is 3.57. The van der Waals surface area contributed by atoms with Crippen LogP contribution in [0.4, 0.5) is 0 Å². The van der Waals surface area contributed by atoms with Crippen LogP contribution in [-0.4, -0.2) is 41.4 Å². The van der Waals surface area contributed by atoms with Crippen molar-refractivity contribution in [2.75, 3.05) is 20.7 Å². The van der Waals surface area contributed by atoms with Crippen LogP contribution in [0.25, 0.3) is 11.8 Å². The number of hydrogen-bond donors (Lipinski definition) is 0. The molecule has 128 valence electrons. The molecule has 0 fully saturated rings. The molecule has 0 unspecified atom stereocenters. The molecule has 1 aromatic carbocycles. The maximum atomic E-state index is 12.7. The third-order valence-electron chi connectivity index (χ3n) is 3.25. The zero-order valence-corrected chi connectivity index (χ0v) is 14.3. The van der Waals surface area contributed by atoms with Gasteiger partial charge in [-0.1, -0.05) is 18.2 Å². The predicted molar refractivity (Wildman–Crippen MR) is 93.2 cm³/mol. The molecule has 0 radical (unpaired) electrons. The van der Waals surface area contributed by atoms with E-state index in [-0.39, 0.29) is 23.4 Å². The molecule has 7 heteroatoms. The number of rotatable bonds is 5. The highest BCUT2D eigenvalue weighted by atomic mass is 16.5. The van der Waals surface area contributed by atoms with Crippen molar-refractivity contribution in [3.05, 3.63) is 63.7 Å². The van der Waals surface area contributed by atoms with E-state index in [1.54, 1.807) is 62.5 Å². The maximum absolute atomic E-state index is 12.7. The zero-order chi connectivity index (χ0) is 18.4. The van der Waals surface area contributed by atoms with Gasteiger partial charge < -0.3 is 9.64 Å². The van der Waals surface area contributed by atoms with E-state index in [4.69, 9.17) is 4.74 Å². The number of nitrogens with zero attached hydrogens (tertiary/aromatic N) is 4. The highest BCUT2D eigenvalue weighted by Crippen LogP contribution is 2.15. The van der Waals surface area contributed by atoms with E-state index in [1.807, 2.05) is 6.07 Å². The SMILES string of the molecule is CCOC(=O)c1nn(-c2ccccc2)c(=O)c(C#N)c1/C=C/N(C)C. The number of para-hydroxylation sites is 1. The van der Waals surface area contributed by atoms with Gasteiger partial charge in [0.1, 0.15) is 11.6 Å². The Bertz CT molecular complexity index is 893. The molecule has 0 N–H and O–H groups in total. The predicted octanol–water partition coefficient (Wildman–Crippen LogP) is 1.81. The molecule has 2 rings (SSSR count). The summed E-state index contributed by atoms with van der Waals surface area (Å²) in [5.41, 5.74) is -0.246. The van der Waals surface area contributed by atoms with Gasteiger partial charge in [-0.3, -0.25) is 4.79 Å². The van der Waals surface area contributed by atoms with Crippen LogP contribution in [0.3, 0.4) is 0 Å². The Morgan fingerprint density at radius 1 is 1.36 bits per heavy atom. The summed E-state index contributed by atoms with van der Waals surface area (Å²) in [6.07, 6.45) is 3.14. The molecule has 0 spiro atoms. The quantitative estimate of drug-likeness (QED) is 0.773. The van der Waals surface area contributed by atoms with Gasteiger partial charge in [0.15, 0.2) is 5.69 Å². The lowest BCUT2D eigenvalue weighted by Gasteiger charge is -2.12. The Morgan fingerprint density at radius 2 is 2.04 bits per heavy atom. The first kappa shape index (κ1) is 17.9. The fraction of sp³-hybridized carbons (Fsp3) is 0.222. The van der Waals surface area contributed by atoms with E-state index in [0.717, 1.165) is 4.68 Å². The smallest absolute Gasteiger partial charge is 0.359 e. The Kier molecular flexibility index (Phi) is 5.69. The second kappa shape index (κ2) is 7.93. The van der Waals surface area contributed by atoms with Gasteiger partial charge in [-0.25, -0.2) is 4.79 Å². The van der Waals surface area contributed by atoms with Gasteiger partial charge in [-0.15, -0.1) is 0 Å². The van der Waals surface area contributed by atoms with Crippen LogP contribution in [0, 0.1) is 11.3 Å². The van der Waals surface area contributed by atoms with Crippen LogP contribution in [0.1, 0.15) is 28.5 Å². The summed E-state index contributed by atoms with van der Waals surface area (Å²) in [6, 6.07) is 10.5. The van der Waals surface area contributed by atoms with Gasteiger partial charge in [0.2, 0.25) is 0 Å². The largest absolute Gasteiger partial charge is 0.461 e. The standard InChI is InChI=1S/C18H18N4O3/c1-4-25-18(24)16-14(10-11-21(2)3)15(12-19)17(23)22(20-16)13-8-6-5-7-9-13/h5-11H,4H2,1-3H3/b11-10+. The number of nitriles is 1. The Morgan fingerprint density at radius 3 is 2.60 bits per heavy atom. The van der Waals surface area contributed by atoms with Crippen LogP contribution in [0.15, 0.2) is 41.3 Å². The van der Waals surface area contributed by atoms with Gasteiger partial charge in [-0.2, -0.15) is 15.0 Å². The normalized spacial score (nSPS) is 10.5. The third kappa shape index (κ3) is 3.93. The molecule has 0 amide bonds. The first-order valence-corrected chi connectivity index (χ1v) is 7.64. The van der Waals surface area contributed by atoms with E-state index in [0.29, 0.717) is 5.69 Å². The number of carbonyl (C=O) groups is 1. The Balaban J connectivity index is 2.79. The van der Waals surface area contributed by atoms with Gasteiger partial charge >= 0.3 is 5.97 Å². The minimum absolute atomic E-state index is 0.0834. The Hall–Kier alpha value is -3.40. The molecule has 1 aromatic heterocycles. The molecule has 1 heterocycles. The minimum Gasteiger partial charge on any atom is -0.461 e. The first-order chi connectivity index (χ1) is 12.0. The van der Waals surface area contributed by atoms with Crippen molar-refractivity contribution in [3.8, 4) is 11.8 Å². The van der Waals surface area contributed by atoms with E-state index in [9.17, 15) is 14.9 Å². The van der Waals surface area contributed by atoms with Crippen molar-refractivity contribution in [2.45, 2.75) is 6.92 Å². The number of carbonyl (C=O) groups excluding carboxylic acids is 1.